The van der Waals surface area contributed by atoms with Crippen LogP contribution >= 0.6 is 0 Å². The lowest BCUT2D eigenvalue weighted by Gasteiger charge is -2.20. The molecular weight excluding hydrogens is 238 g/mol. The third-order valence-electron chi connectivity index (χ3n) is 2.16. The molecule has 102 valence electrons. The Labute approximate surface area is 106 Å². The molecule has 0 aromatic carbocycles. The number of esters is 2. The van der Waals surface area contributed by atoms with Gasteiger partial charge < -0.3 is 14.8 Å². The first-order valence-corrected chi connectivity index (χ1v) is 5.56. The number of nitrogens with one attached hydrogen (secondary N) is 1. The number of ether oxygens (including phenoxy) is 2. The lowest BCUT2D eigenvalue weighted by Crippen LogP contribution is -2.41. The molecule has 1 atom stereocenters. The number of methoxy groups -OCH3 is 1. The highest BCUT2D eigenvalue weighted by Crippen LogP contribution is 2.02. The van der Waals surface area contributed by atoms with Crippen LogP contribution in [0.15, 0.2) is 12.2 Å². The van der Waals surface area contributed by atoms with E-state index in [1.54, 1.807) is 0 Å². The molecule has 0 bridgehead atoms. The minimum Gasteiger partial charge on any atom is -0.466 e. The number of carbonyl (C=O) groups excluding carboxylic acids is 3. The first-order valence-electron chi connectivity index (χ1n) is 5.56. The van der Waals surface area contributed by atoms with Crippen LogP contribution in [-0.4, -0.2) is 37.6 Å². The molecule has 6 heteroatoms. The van der Waals surface area contributed by atoms with Gasteiger partial charge in [0.05, 0.1) is 13.2 Å². The van der Waals surface area contributed by atoms with Crippen molar-refractivity contribution in [1.82, 2.24) is 5.32 Å². The molecule has 0 aliphatic carbocycles. The third-order valence-corrected chi connectivity index (χ3v) is 2.16. The largest absolute Gasteiger partial charge is 0.466 e. The summed E-state index contributed by atoms with van der Waals surface area (Å²) in [5.74, 6) is -1.34. The Balaban J connectivity index is 4.19. The van der Waals surface area contributed by atoms with Crippen LogP contribution in [-0.2, 0) is 23.9 Å². The van der Waals surface area contributed by atoms with Crippen LogP contribution in [0.2, 0.25) is 0 Å². The van der Waals surface area contributed by atoms with E-state index in [2.05, 4.69) is 10.1 Å². The molecule has 0 rings (SSSR count). The average molecular weight is 257 g/mol. The van der Waals surface area contributed by atoms with E-state index in [0.717, 1.165) is 12.2 Å². The molecule has 0 spiro atoms. The molecule has 0 radical (unpaired) electrons. The highest BCUT2D eigenvalue weighted by atomic mass is 16.5. The molecule has 1 N–H and O–H groups in total. The fraction of sp³-hybridized carbons (Fsp3) is 0.583. The van der Waals surface area contributed by atoms with E-state index in [9.17, 15) is 14.4 Å². The Morgan fingerprint density at radius 3 is 2.17 bits per heavy atom. The predicted molar refractivity (Wildman–Crippen MR) is 64.6 cm³/mol. The summed E-state index contributed by atoms with van der Waals surface area (Å²) in [6.45, 7) is 5.26. The minimum absolute atomic E-state index is 0.0571. The van der Waals surface area contributed by atoms with Crippen molar-refractivity contribution < 1.29 is 23.9 Å². The maximum atomic E-state index is 11.2. The zero-order valence-corrected chi connectivity index (χ0v) is 11.1. The Morgan fingerprint density at radius 2 is 1.72 bits per heavy atom. The van der Waals surface area contributed by atoms with E-state index in [-0.39, 0.29) is 24.5 Å². The highest BCUT2D eigenvalue weighted by Gasteiger charge is 2.16. The summed E-state index contributed by atoms with van der Waals surface area (Å²) in [6, 6.07) is -0.252. The molecule has 6 nitrogen and oxygen atoms in total. The van der Waals surface area contributed by atoms with Gasteiger partial charge in [0.15, 0.2) is 0 Å². The van der Waals surface area contributed by atoms with Crippen LogP contribution < -0.4 is 5.32 Å². The van der Waals surface area contributed by atoms with Crippen molar-refractivity contribution in [2.45, 2.75) is 26.8 Å². The number of rotatable bonds is 6. The monoisotopic (exact) mass is 257 g/mol. The maximum Gasteiger partial charge on any atom is 0.331 e. The molecule has 1 amide bonds. The van der Waals surface area contributed by atoms with Crippen LogP contribution in [0.3, 0.4) is 0 Å². The summed E-state index contributed by atoms with van der Waals surface area (Å²) in [6.07, 6.45) is 1.96. The van der Waals surface area contributed by atoms with Crippen molar-refractivity contribution >= 4 is 17.8 Å². The Kier molecular flexibility index (Phi) is 7.42. The highest BCUT2D eigenvalue weighted by molar-refractivity contribution is 5.91. The van der Waals surface area contributed by atoms with E-state index in [1.165, 1.54) is 14.0 Å². The first-order chi connectivity index (χ1) is 8.36. The van der Waals surface area contributed by atoms with Gasteiger partial charge in [-0.1, -0.05) is 13.8 Å². The average Bonchev–Trinajstić information content (AvgIpc) is 2.30. The van der Waals surface area contributed by atoms with Gasteiger partial charge in [0.1, 0.15) is 6.61 Å². The van der Waals surface area contributed by atoms with Gasteiger partial charge in [0.25, 0.3) is 0 Å². The summed E-state index contributed by atoms with van der Waals surface area (Å²) in [5, 5.41) is 2.68. The minimum atomic E-state index is -0.656. The first kappa shape index (κ1) is 16.1. The summed E-state index contributed by atoms with van der Waals surface area (Å²) >= 11 is 0. The zero-order chi connectivity index (χ0) is 14.1. The molecule has 0 fully saturated rings. The second-order valence-corrected chi connectivity index (χ2v) is 4.04. The second-order valence-electron chi connectivity index (χ2n) is 4.04. The van der Waals surface area contributed by atoms with Crippen molar-refractivity contribution in [2.24, 2.45) is 5.92 Å². The van der Waals surface area contributed by atoms with Gasteiger partial charge in [-0.15, -0.1) is 0 Å². The molecule has 0 saturated heterocycles. The van der Waals surface area contributed by atoms with Crippen molar-refractivity contribution in [3.05, 3.63) is 12.2 Å². The summed E-state index contributed by atoms with van der Waals surface area (Å²) in [7, 11) is 1.21. The topological polar surface area (TPSA) is 81.7 Å². The van der Waals surface area contributed by atoms with E-state index < -0.39 is 11.9 Å². The molecule has 0 heterocycles. The lowest BCUT2D eigenvalue weighted by atomic mass is 10.1. The molecule has 0 aromatic rings. The molecule has 0 saturated carbocycles. The fourth-order valence-corrected chi connectivity index (χ4v) is 1.09. The van der Waals surface area contributed by atoms with Crippen LogP contribution in [0.5, 0.6) is 0 Å². The van der Waals surface area contributed by atoms with Crippen LogP contribution in [0.1, 0.15) is 20.8 Å². The summed E-state index contributed by atoms with van der Waals surface area (Å²) in [4.78, 5) is 32.9. The molecule has 18 heavy (non-hydrogen) atoms. The van der Waals surface area contributed by atoms with E-state index in [1.807, 2.05) is 13.8 Å². The van der Waals surface area contributed by atoms with E-state index in [4.69, 9.17) is 4.74 Å². The maximum absolute atomic E-state index is 11.2. The lowest BCUT2D eigenvalue weighted by molar-refractivity contribution is -0.140. The SMILES string of the molecule is COC(=O)C=CC(=O)OCC(NC(C)=O)C(C)C. The standard InChI is InChI=1S/C12H19NO5/c1-8(2)10(13-9(3)14)7-18-12(16)6-5-11(15)17-4/h5-6,8,10H,7H2,1-4H3,(H,13,14). The van der Waals surface area contributed by atoms with Crippen molar-refractivity contribution in [3.8, 4) is 0 Å². The van der Waals surface area contributed by atoms with Gasteiger partial charge in [-0.25, -0.2) is 9.59 Å². The summed E-state index contributed by atoms with van der Waals surface area (Å²) in [5.41, 5.74) is 0. The van der Waals surface area contributed by atoms with E-state index >= 15 is 0 Å². The third kappa shape index (κ3) is 7.43. The number of hydrogen-bond donors (Lipinski definition) is 1. The van der Waals surface area contributed by atoms with Gasteiger partial charge in [-0.2, -0.15) is 0 Å². The molecule has 0 aliphatic heterocycles. The van der Waals surface area contributed by atoms with Gasteiger partial charge in [0.2, 0.25) is 5.91 Å². The van der Waals surface area contributed by atoms with Crippen LogP contribution in [0.4, 0.5) is 0 Å². The van der Waals surface area contributed by atoms with E-state index in [0.29, 0.717) is 0 Å². The van der Waals surface area contributed by atoms with Gasteiger partial charge in [-0.05, 0) is 5.92 Å². The molecular formula is C12H19NO5. The normalized spacial score (nSPS) is 12.3. The number of hydrogen-bond acceptors (Lipinski definition) is 5. The van der Waals surface area contributed by atoms with Crippen LogP contribution in [0, 0.1) is 5.92 Å². The molecule has 0 aromatic heterocycles. The predicted octanol–water partition coefficient (Wildman–Crippen LogP) is 0.419. The van der Waals surface area contributed by atoms with Crippen LogP contribution in [0.25, 0.3) is 0 Å². The zero-order valence-electron chi connectivity index (χ0n) is 11.1. The van der Waals surface area contributed by atoms with Gasteiger partial charge in [0, 0.05) is 19.1 Å². The quantitative estimate of drug-likeness (QED) is 0.551. The number of amides is 1. The van der Waals surface area contributed by atoms with Crippen molar-refractivity contribution in [1.29, 1.82) is 0 Å². The molecule has 0 aliphatic rings. The smallest absolute Gasteiger partial charge is 0.331 e. The summed E-state index contributed by atoms with van der Waals surface area (Å²) < 4.78 is 9.24. The van der Waals surface area contributed by atoms with Crippen molar-refractivity contribution in [2.75, 3.05) is 13.7 Å². The molecule has 1 unspecified atom stereocenters. The van der Waals surface area contributed by atoms with Crippen molar-refractivity contribution in [3.63, 3.8) is 0 Å². The Hall–Kier alpha value is -1.85. The Bertz CT molecular complexity index is 335. The second kappa shape index (κ2) is 8.27. The number of carbonyl (C=O) groups is 3. The van der Waals surface area contributed by atoms with Gasteiger partial charge in [-0.3, -0.25) is 4.79 Å². The Morgan fingerprint density at radius 1 is 1.17 bits per heavy atom. The van der Waals surface area contributed by atoms with Gasteiger partial charge >= 0.3 is 11.9 Å². The fourth-order valence-electron chi connectivity index (χ4n) is 1.09.